The molecule has 0 aliphatic carbocycles. The molecule has 0 amide bonds. The van der Waals surface area contributed by atoms with Crippen LogP contribution in [0.5, 0.6) is 0 Å². The van der Waals surface area contributed by atoms with Gasteiger partial charge in [0, 0.05) is 9.85 Å². The first-order chi connectivity index (χ1) is 5.68. The van der Waals surface area contributed by atoms with E-state index in [0.717, 1.165) is 4.47 Å². The highest BCUT2D eigenvalue weighted by molar-refractivity contribution is 9.10. The zero-order valence-electron chi connectivity index (χ0n) is 6.80. The maximum atomic E-state index is 5.76. The summed E-state index contributed by atoms with van der Waals surface area (Å²) in [6.07, 6.45) is 3.98. The van der Waals surface area contributed by atoms with Crippen LogP contribution in [0.1, 0.15) is 12.5 Å². The minimum absolute atomic E-state index is 0.0913. The molecule has 1 atom stereocenters. The number of halogens is 2. The molecule has 1 aromatic carbocycles. The van der Waals surface area contributed by atoms with E-state index in [2.05, 4.69) is 15.9 Å². The monoisotopic (exact) mass is 244 g/mol. The molecule has 0 N–H and O–H groups in total. The van der Waals surface area contributed by atoms with Gasteiger partial charge in [-0.2, -0.15) is 0 Å². The van der Waals surface area contributed by atoms with Gasteiger partial charge in [-0.05, 0) is 24.6 Å². The molecule has 0 fully saturated rings. The normalized spacial score (nSPS) is 13.6. The second-order valence-electron chi connectivity index (χ2n) is 2.59. The molecule has 2 heteroatoms. The SMILES string of the molecule is CC(Cl)/C=C/c1ccc(Br)cc1. The first-order valence-corrected chi connectivity index (χ1v) is 4.99. The largest absolute Gasteiger partial charge is 0.119 e. The number of allylic oxidation sites excluding steroid dienone is 1. The molecule has 0 bridgehead atoms. The van der Waals surface area contributed by atoms with Crippen molar-refractivity contribution < 1.29 is 0 Å². The van der Waals surface area contributed by atoms with Gasteiger partial charge in [0.1, 0.15) is 0 Å². The van der Waals surface area contributed by atoms with Crippen LogP contribution in [0.15, 0.2) is 34.8 Å². The lowest BCUT2D eigenvalue weighted by molar-refractivity contribution is 1.24. The van der Waals surface area contributed by atoms with Crippen LogP contribution < -0.4 is 0 Å². The zero-order valence-corrected chi connectivity index (χ0v) is 9.14. The number of benzene rings is 1. The number of alkyl halides is 1. The Bertz CT molecular complexity index is 262. The molecule has 0 heterocycles. The lowest BCUT2D eigenvalue weighted by Crippen LogP contribution is -1.80. The first-order valence-electron chi connectivity index (χ1n) is 3.76. The average molecular weight is 246 g/mol. The van der Waals surface area contributed by atoms with E-state index < -0.39 is 0 Å². The molecule has 1 unspecified atom stereocenters. The Balaban J connectivity index is 2.71. The summed E-state index contributed by atoms with van der Waals surface area (Å²) in [5.74, 6) is 0. The van der Waals surface area contributed by atoms with Crippen molar-refractivity contribution in [1.29, 1.82) is 0 Å². The third-order valence-electron chi connectivity index (χ3n) is 1.42. The van der Waals surface area contributed by atoms with E-state index in [1.165, 1.54) is 5.56 Å². The van der Waals surface area contributed by atoms with Crippen molar-refractivity contribution in [2.45, 2.75) is 12.3 Å². The van der Waals surface area contributed by atoms with Crippen molar-refractivity contribution in [3.8, 4) is 0 Å². The summed E-state index contributed by atoms with van der Waals surface area (Å²) >= 11 is 9.14. The molecule has 0 radical (unpaired) electrons. The maximum absolute atomic E-state index is 5.76. The van der Waals surface area contributed by atoms with Gasteiger partial charge in [0.25, 0.3) is 0 Å². The Morgan fingerprint density at radius 2 is 1.92 bits per heavy atom. The van der Waals surface area contributed by atoms with Crippen LogP contribution in [0.2, 0.25) is 0 Å². The van der Waals surface area contributed by atoms with E-state index in [1.807, 2.05) is 43.3 Å². The van der Waals surface area contributed by atoms with Crippen LogP contribution in [-0.4, -0.2) is 5.38 Å². The van der Waals surface area contributed by atoms with E-state index in [-0.39, 0.29) is 5.38 Å². The highest BCUT2D eigenvalue weighted by Gasteiger charge is 1.89. The van der Waals surface area contributed by atoms with Crippen molar-refractivity contribution in [1.82, 2.24) is 0 Å². The highest BCUT2D eigenvalue weighted by Crippen LogP contribution is 2.12. The molecule has 0 spiro atoms. The van der Waals surface area contributed by atoms with Crippen LogP contribution in [0.3, 0.4) is 0 Å². The topological polar surface area (TPSA) is 0 Å². The lowest BCUT2D eigenvalue weighted by atomic mass is 10.2. The van der Waals surface area contributed by atoms with Crippen LogP contribution in [0, 0.1) is 0 Å². The van der Waals surface area contributed by atoms with Crippen molar-refractivity contribution >= 4 is 33.6 Å². The Kier molecular flexibility index (Phi) is 3.83. The predicted molar refractivity (Wildman–Crippen MR) is 58.5 cm³/mol. The van der Waals surface area contributed by atoms with Crippen molar-refractivity contribution in [2.24, 2.45) is 0 Å². The Morgan fingerprint density at radius 1 is 1.33 bits per heavy atom. The van der Waals surface area contributed by atoms with Gasteiger partial charge in [0.2, 0.25) is 0 Å². The first kappa shape index (κ1) is 9.82. The van der Waals surface area contributed by atoms with Gasteiger partial charge in [-0.25, -0.2) is 0 Å². The summed E-state index contributed by atoms with van der Waals surface area (Å²) in [5, 5.41) is 0.0913. The molecular formula is C10H10BrCl. The molecule has 12 heavy (non-hydrogen) atoms. The molecule has 0 saturated heterocycles. The molecule has 1 aromatic rings. The summed E-state index contributed by atoms with van der Waals surface area (Å²) in [5.41, 5.74) is 1.17. The maximum Gasteiger partial charge on any atom is 0.0491 e. The molecule has 0 nitrogen and oxygen atoms in total. The van der Waals surface area contributed by atoms with Gasteiger partial charge < -0.3 is 0 Å². The van der Waals surface area contributed by atoms with Crippen molar-refractivity contribution in [3.63, 3.8) is 0 Å². The third-order valence-corrected chi connectivity index (χ3v) is 2.10. The van der Waals surface area contributed by atoms with Gasteiger partial charge in [0.05, 0.1) is 0 Å². The average Bonchev–Trinajstić information content (AvgIpc) is 2.03. The smallest absolute Gasteiger partial charge is 0.0491 e. The number of hydrogen-bond donors (Lipinski definition) is 0. The van der Waals surface area contributed by atoms with Gasteiger partial charge >= 0.3 is 0 Å². The quantitative estimate of drug-likeness (QED) is 0.689. The Hall–Kier alpha value is -0.270. The molecule has 0 aliphatic heterocycles. The molecular weight excluding hydrogens is 235 g/mol. The standard InChI is InChI=1S/C10H10BrCl/c1-8(12)2-3-9-4-6-10(11)7-5-9/h2-8H,1H3/b3-2+. The van der Waals surface area contributed by atoms with Gasteiger partial charge in [-0.1, -0.05) is 40.2 Å². The fourth-order valence-corrected chi connectivity index (χ4v) is 1.15. The number of hydrogen-bond acceptors (Lipinski definition) is 0. The molecule has 64 valence electrons. The molecule has 0 aromatic heterocycles. The second-order valence-corrected chi connectivity index (χ2v) is 4.19. The summed E-state index contributed by atoms with van der Waals surface area (Å²) in [6, 6.07) is 8.11. The predicted octanol–water partition coefficient (Wildman–Crippen LogP) is 4.09. The van der Waals surface area contributed by atoms with E-state index in [9.17, 15) is 0 Å². The van der Waals surface area contributed by atoms with Crippen LogP contribution in [-0.2, 0) is 0 Å². The summed E-state index contributed by atoms with van der Waals surface area (Å²) < 4.78 is 1.10. The van der Waals surface area contributed by atoms with E-state index >= 15 is 0 Å². The number of rotatable bonds is 2. The minimum Gasteiger partial charge on any atom is -0.119 e. The third kappa shape index (κ3) is 3.42. The van der Waals surface area contributed by atoms with Crippen molar-refractivity contribution in [3.05, 3.63) is 40.4 Å². The summed E-state index contributed by atoms with van der Waals surface area (Å²) in [6.45, 7) is 1.94. The van der Waals surface area contributed by atoms with Gasteiger partial charge in [-0.15, -0.1) is 11.6 Å². The van der Waals surface area contributed by atoms with E-state index in [1.54, 1.807) is 0 Å². The Morgan fingerprint density at radius 3 is 2.42 bits per heavy atom. The zero-order chi connectivity index (χ0) is 8.97. The molecule has 0 aliphatic rings. The second kappa shape index (κ2) is 4.68. The van der Waals surface area contributed by atoms with Crippen LogP contribution >= 0.6 is 27.5 Å². The van der Waals surface area contributed by atoms with Crippen molar-refractivity contribution in [2.75, 3.05) is 0 Å². The Labute approximate surface area is 86.4 Å². The van der Waals surface area contributed by atoms with Gasteiger partial charge in [0.15, 0.2) is 0 Å². The lowest BCUT2D eigenvalue weighted by Gasteiger charge is -1.94. The fraction of sp³-hybridized carbons (Fsp3) is 0.200. The fourth-order valence-electron chi connectivity index (χ4n) is 0.818. The van der Waals surface area contributed by atoms with E-state index in [4.69, 9.17) is 11.6 Å². The molecule has 1 rings (SSSR count). The van der Waals surface area contributed by atoms with Crippen LogP contribution in [0.4, 0.5) is 0 Å². The summed E-state index contributed by atoms with van der Waals surface area (Å²) in [4.78, 5) is 0. The highest BCUT2D eigenvalue weighted by atomic mass is 79.9. The van der Waals surface area contributed by atoms with Crippen LogP contribution in [0.25, 0.3) is 6.08 Å². The van der Waals surface area contributed by atoms with Gasteiger partial charge in [-0.3, -0.25) is 0 Å². The molecule has 0 saturated carbocycles. The summed E-state index contributed by atoms with van der Waals surface area (Å²) in [7, 11) is 0. The minimum atomic E-state index is 0.0913. The van der Waals surface area contributed by atoms with E-state index in [0.29, 0.717) is 0 Å².